The van der Waals surface area contributed by atoms with Crippen molar-refractivity contribution < 1.29 is 19.1 Å². The summed E-state index contributed by atoms with van der Waals surface area (Å²) in [5.41, 5.74) is 0.213. The van der Waals surface area contributed by atoms with E-state index in [-0.39, 0.29) is 5.56 Å². The van der Waals surface area contributed by atoms with Gasteiger partial charge >= 0.3 is 12.0 Å². The molecule has 0 radical (unpaired) electrons. The molecule has 7 nitrogen and oxygen atoms in total. The normalized spacial score (nSPS) is 9.81. The summed E-state index contributed by atoms with van der Waals surface area (Å²) in [5.74, 6) is -1.38. The van der Waals surface area contributed by atoms with Crippen LogP contribution < -0.4 is 10.6 Å². The molecule has 0 saturated heterocycles. The molecule has 1 aromatic heterocycles. The highest BCUT2D eigenvalue weighted by Gasteiger charge is 2.12. The van der Waals surface area contributed by atoms with Crippen molar-refractivity contribution in [2.75, 3.05) is 13.2 Å². The molecule has 1 rings (SSSR count). The quantitative estimate of drug-likeness (QED) is 0.595. The highest BCUT2D eigenvalue weighted by Crippen LogP contribution is 2.10. The Morgan fingerprint density at radius 1 is 1.33 bits per heavy atom. The van der Waals surface area contributed by atoms with E-state index in [1.165, 1.54) is 18.5 Å². The standard InChI is InChI=1S/C13H16BrN3O4/c1-2-3-4-16-13(20)17-11(18)8-21-12(19)9-5-10(14)7-15-6-9/h5-7H,2-4,8H2,1H3,(H2,16,17,18,20). The number of aromatic nitrogens is 1. The zero-order chi connectivity index (χ0) is 15.7. The third-order valence-corrected chi connectivity index (χ3v) is 2.78. The predicted octanol–water partition coefficient (Wildman–Crippen LogP) is 1.63. The number of urea groups is 1. The number of esters is 1. The minimum atomic E-state index is -0.694. The average molecular weight is 358 g/mol. The van der Waals surface area contributed by atoms with Crippen molar-refractivity contribution in [3.8, 4) is 0 Å². The number of pyridine rings is 1. The number of nitrogens with zero attached hydrogens (tertiary/aromatic N) is 1. The minimum absolute atomic E-state index is 0.213. The van der Waals surface area contributed by atoms with Gasteiger partial charge in [-0.05, 0) is 28.4 Å². The van der Waals surface area contributed by atoms with E-state index in [0.29, 0.717) is 11.0 Å². The zero-order valence-electron chi connectivity index (χ0n) is 11.5. The molecule has 0 aromatic carbocycles. The minimum Gasteiger partial charge on any atom is -0.452 e. The Hall–Kier alpha value is -1.96. The second-order valence-electron chi connectivity index (χ2n) is 4.13. The van der Waals surface area contributed by atoms with Crippen LogP contribution in [0.2, 0.25) is 0 Å². The summed E-state index contributed by atoms with van der Waals surface area (Å²) in [6.45, 7) is 1.94. The summed E-state index contributed by atoms with van der Waals surface area (Å²) >= 11 is 3.17. The molecule has 8 heteroatoms. The molecule has 0 bridgehead atoms. The molecule has 2 N–H and O–H groups in total. The van der Waals surface area contributed by atoms with Crippen LogP contribution in [0.15, 0.2) is 22.9 Å². The lowest BCUT2D eigenvalue weighted by Gasteiger charge is -2.07. The van der Waals surface area contributed by atoms with E-state index < -0.39 is 24.5 Å². The van der Waals surface area contributed by atoms with Crippen LogP contribution in [0.5, 0.6) is 0 Å². The second kappa shape index (κ2) is 9.06. The maximum atomic E-state index is 11.6. The number of amides is 3. The molecule has 0 unspecified atom stereocenters. The number of imide groups is 1. The summed E-state index contributed by atoms with van der Waals surface area (Å²) in [4.78, 5) is 38.1. The van der Waals surface area contributed by atoms with Crippen LogP contribution in [0.4, 0.5) is 4.79 Å². The van der Waals surface area contributed by atoms with E-state index in [9.17, 15) is 14.4 Å². The van der Waals surface area contributed by atoms with Gasteiger partial charge in [-0.1, -0.05) is 13.3 Å². The molecule has 114 valence electrons. The fourth-order valence-corrected chi connectivity index (χ4v) is 1.69. The summed E-state index contributed by atoms with van der Waals surface area (Å²) in [5, 5.41) is 4.58. The number of hydrogen-bond donors (Lipinski definition) is 2. The first kappa shape index (κ1) is 17.1. The Kier molecular flexibility index (Phi) is 7.38. The number of nitrogens with one attached hydrogen (secondary N) is 2. The predicted molar refractivity (Wildman–Crippen MR) is 78.7 cm³/mol. The lowest BCUT2D eigenvalue weighted by molar-refractivity contribution is -0.123. The van der Waals surface area contributed by atoms with Crippen LogP contribution >= 0.6 is 15.9 Å². The molecule has 1 aromatic rings. The maximum Gasteiger partial charge on any atom is 0.340 e. The third kappa shape index (κ3) is 6.84. The molecular formula is C13H16BrN3O4. The van der Waals surface area contributed by atoms with Crippen molar-refractivity contribution in [1.82, 2.24) is 15.6 Å². The Morgan fingerprint density at radius 3 is 2.76 bits per heavy atom. The average Bonchev–Trinajstić information content (AvgIpc) is 2.45. The number of carbonyl (C=O) groups is 3. The Labute approximate surface area is 130 Å². The molecule has 0 fully saturated rings. The fourth-order valence-electron chi connectivity index (χ4n) is 1.32. The van der Waals surface area contributed by atoms with Gasteiger partial charge < -0.3 is 10.1 Å². The van der Waals surface area contributed by atoms with Gasteiger partial charge in [0.05, 0.1) is 5.56 Å². The van der Waals surface area contributed by atoms with Crippen molar-refractivity contribution in [2.45, 2.75) is 19.8 Å². The van der Waals surface area contributed by atoms with Gasteiger partial charge in [0.25, 0.3) is 5.91 Å². The van der Waals surface area contributed by atoms with Gasteiger partial charge in [0.1, 0.15) is 0 Å². The van der Waals surface area contributed by atoms with Crippen molar-refractivity contribution in [3.05, 3.63) is 28.5 Å². The lowest BCUT2D eigenvalue weighted by atomic mass is 10.3. The van der Waals surface area contributed by atoms with Crippen molar-refractivity contribution in [2.24, 2.45) is 0 Å². The molecule has 0 atom stereocenters. The van der Waals surface area contributed by atoms with E-state index in [0.717, 1.165) is 12.8 Å². The SMILES string of the molecule is CCCCNC(=O)NC(=O)COC(=O)c1cncc(Br)c1. The van der Waals surface area contributed by atoms with Gasteiger partial charge in [-0.3, -0.25) is 15.1 Å². The van der Waals surface area contributed by atoms with E-state index in [1.807, 2.05) is 6.92 Å². The molecule has 1 heterocycles. The first-order valence-electron chi connectivity index (χ1n) is 6.38. The first-order chi connectivity index (χ1) is 10.0. The van der Waals surface area contributed by atoms with Crippen LogP contribution in [0.25, 0.3) is 0 Å². The first-order valence-corrected chi connectivity index (χ1v) is 7.17. The zero-order valence-corrected chi connectivity index (χ0v) is 13.1. The van der Waals surface area contributed by atoms with Crippen LogP contribution in [0.1, 0.15) is 30.1 Å². The number of rotatable bonds is 6. The van der Waals surface area contributed by atoms with Gasteiger partial charge in [0.15, 0.2) is 6.61 Å². The Bertz CT molecular complexity index is 522. The largest absolute Gasteiger partial charge is 0.452 e. The number of ether oxygens (including phenoxy) is 1. The molecule has 0 aliphatic carbocycles. The summed E-state index contributed by atoms with van der Waals surface area (Å²) in [6, 6.07) is 0.915. The van der Waals surface area contributed by atoms with Crippen molar-refractivity contribution >= 4 is 33.8 Å². The number of unbranched alkanes of at least 4 members (excludes halogenated alkanes) is 1. The highest BCUT2D eigenvalue weighted by atomic mass is 79.9. The van der Waals surface area contributed by atoms with Crippen LogP contribution in [0, 0.1) is 0 Å². The topological polar surface area (TPSA) is 97.4 Å². The smallest absolute Gasteiger partial charge is 0.340 e. The molecule has 0 spiro atoms. The van der Waals surface area contributed by atoms with Crippen molar-refractivity contribution in [1.29, 1.82) is 0 Å². The van der Waals surface area contributed by atoms with E-state index in [2.05, 4.69) is 31.5 Å². The third-order valence-electron chi connectivity index (χ3n) is 2.34. The molecule has 0 aliphatic rings. The molecule has 0 aliphatic heterocycles. The molecule has 21 heavy (non-hydrogen) atoms. The van der Waals surface area contributed by atoms with Crippen LogP contribution in [-0.4, -0.2) is 36.0 Å². The lowest BCUT2D eigenvalue weighted by Crippen LogP contribution is -2.41. The van der Waals surface area contributed by atoms with Gasteiger partial charge in [0.2, 0.25) is 0 Å². The number of carbonyl (C=O) groups excluding carboxylic acids is 3. The van der Waals surface area contributed by atoms with E-state index >= 15 is 0 Å². The summed E-state index contributed by atoms with van der Waals surface area (Å²) in [6.07, 6.45) is 4.60. The van der Waals surface area contributed by atoms with Gasteiger partial charge in [-0.15, -0.1) is 0 Å². The highest BCUT2D eigenvalue weighted by molar-refractivity contribution is 9.10. The summed E-state index contributed by atoms with van der Waals surface area (Å²) in [7, 11) is 0. The van der Waals surface area contributed by atoms with E-state index in [1.54, 1.807) is 0 Å². The fraction of sp³-hybridized carbons (Fsp3) is 0.385. The van der Waals surface area contributed by atoms with Crippen LogP contribution in [0.3, 0.4) is 0 Å². The van der Waals surface area contributed by atoms with E-state index in [4.69, 9.17) is 4.74 Å². The maximum absolute atomic E-state index is 11.6. The number of hydrogen-bond acceptors (Lipinski definition) is 5. The van der Waals surface area contributed by atoms with Crippen molar-refractivity contribution in [3.63, 3.8) is 0 Å². The second-order valence-corrected chi connectivity index (χ2v) is 5.04. The van der Waals surface area contributed by atoms with Gasteiger partial charge in [0, 0.05) is 23.4 Å². The Morgan fingerprint density at radius 2 is 2.10 bits per heavy atom. The van der Waals surface area contributed by atoms with Gasteiger partial charge in [-0.2, -0.15) is 0 Å². The van der Waals surface area contributed by atoms with Crippen LogP contribution in [-0.2, 0) is 9.53 Å². The monoisotopic (exact) mass is 357 g/mol. The van der Waals surface area contributed by atoms with Gasteiger partial charge in [-0.25, -0.2) is 9.59 Å². The molecule has 0 saturated carbocycles. The summed E-state index contributed by atoms with van der Waals surface area (Å²) < 4.78 is 5.40. The molecule has 3 amide bonds. The Balaban J connectivity index is 2.32. The number of halogens is 1. The molecular weight excluding hydrogens is 342 g/mol.